The molecule has 0 atom stereocenters. The Kier molecular flexibility index (Phi) is 4.99. The maximum Gasteiger partial charge on any atom is 0.250 e. The molecule has 2 nitrogen and oxygen atoms in total. The normalized spacial score (nSPS) is 12.6. The maximum absolute atomic E-state index is 6.23. The van der Waals surface area contributed by atoms with Gasteiger partial charge in [-0.3, -0.25) is 0 Å². The van der Waals surface area contributed by atoms with Crippen molar-refractivity contribution in [2.45, 2.75) is 45.3 Å². The second kappa shape index (κ2) is 5.89. The molecular formula is C15H26O2Si. The third kappa shape index (κ3) is 4.14. The lowest BCUT2D eigenvalue weighted by atomic mass is 10.1. The van der Waals surface area contributed by atoms with Gasteiger partial charge in [-0.15, -0.1) is 0 Å². The average molecular weight is 266 g/mol. The van der Waals surface area contributed by atoms with Crippen molar-refractivity contribution in [1.29, 1.82) is 0 Å². The molecule has 0 saturated carbocycles. The quantitative estimate of drug-likeness (QED) is 0.741. The predicted molar refractivity (Wildman–Crippen MR) is 79.8 cm³/mol. The minimum Gasteiger partial charge on any atom is -0.544 e. The van der Waals surface area contributed by atoms with Crippen molar-refractivity contribution in [2.75, 3.05) is 13.7 Å². The lowest BCUT2D eigenvalue weighted by molar-refractivity contribution is 0.202. The lowest BCUT2D eigenvalue weighted by Gasteiger charge is -2.36. The van der Waals surface area contributed by atoms with Crippen LogP contribution < -0.4 is 4.43 Å². The molecular weight excluding hydrogens is 240 g/mol. The highest BCUT2D eigenvalue weighted by Crippen LogP contribution is 2.37. The van der Waals surface area contributed by atoms with E-state index in [1.54, 1.807) is 7.11 Å². The SMILES string of the molecule is COCCc1ccc(O[Si](C)(C)C(C)(C)C)cc1. The highest BCUT2D eigenvalue weighted by Gasteiger charge is 2.38. The van der Waals surface area contributed by atoms with Crippen molar-refractivity contribution in [3.8, 4) is 5.75 Å². The Morgan fingerprint density at radius 3 is 2.06 bits per heavy atom. The van der Waals surface area contributed by atoms with Gasteiger partial charge in [-0.25, -0.2) is 0 Å². The molecule has 0 spiro atoms. The monoisotopic (exact) mass is 266 g/mol. The predicted octanol–water partition coefficient (Wildman–Crippen LogP) is 4.26. The van der Waals surface area contributed by atoms with Crippen LogP contribution in [-0.2, 0) is 11.2 Å². The smallest absolute Gasteiger partial charge is 0.250 e. The van der Waals surface area contributed by atoms with Crippen LogP contribution in [-0.4, -0.2) is 22.0 Å². The zero-order chi connectivity index (χ0) is 13.8. The van der Waals surface area contributed by atoms with Gasteiger partial charge < -0.3 is 9.16 Å². The van der Waals surface area contributed by atoms with Crippen molar-refractivity contribution in [1.82, 2.24) is 0 Å². The Bertz CT molecular complexity index is 363. The molecule has 0 bridgehead atoms. The summed E-state index contributed by atoms with van der Waals surface area (Å²) in [6.07, 6.45) is 0.955. The van der Waals surface area contributed by atoms with Crippen LogP contribution >= 0.6 is 0 Å². The summed E-state index contributed by atoms with van der Waals surface area (Å²) in [6.45, 7) is 12.1. The minimum atomic E-state index is -1.71. The van der Waals surface area contributed by atoms with Crippen LogP contribution in [0.3, 0.4) is 0 Å². The van der Waals surface area contributed by atoms with Gasteiger partial charge in [0.05, 0.1) is 6.61 Å². The van der Waals surface area contributed by atoms with Crippen molar-refractivity contribution in [3.05, 3.63) is 29.8 Å². The van der Waals surface area contributed by atoms with Crippen molar-refractivity contribution >= 4 is 8.32 Å². The molecule has 0 aliphatic carbocycles. The molecule has 0 aliphatic rings. The lowest BCUT2D eigenvalue weighted by Crippen LogP contribution is -2.43. The van der Waals surface area contributed by atoms with E-state index in [1.165, 1.54) is 5.56 Å². The van der Waals surface area contributed by atoms with E-state index in [0.29, 0.717) is 0 Å². The molecule has 0 fully saturated rings. The summed E-state index contributed by atoms with van der Waals surface area (Å²) < 4.78 is 11.3. The van der Waals surface area contributed by atoms with Gasteiger partial charge in [0.25, 0.3) is 0 Å². The Hall–Kier alpha value is -0.803. The van der Waals surface area contributed by atoms with E-state index in [-0.39, 0.29) is 5.04 Å². The standard InChI is InChI=1S/C15H26O2Si/c1-15(2,3)18(5,6)17-14-9-7-13(8-10-14)11-12-16-4/h7-10H,11-12H2,1-6H3. The molecule has 3 heteroatoms. The third-order valence-corrected chi connectivity index (χ3v) is 8.06. The molecule has 0 unspecified atom stereocenters. The second-order valence-corrected chi connectivity index (χ2v) is 11.0. The van der Waals surface area contributed by atoms with E-state index in [0.717, 1.165) is 18.8 Å². The summed E-state index contributed by atoms with van der Waals surface area (Å²) >= 11 is 0. The van der Waals surface area contributed by atoms with Crippen LogP contribution in [0.4, 0.5) is 0 Å². The zero-order valence-electron chi connectivity index (χ0n) is 12.5. The molecule has 0 heterocycles. The molecule has 1 rings (SSSR count). The summed E-state index contributed by atoms with van der Waals surface area (Å²) in [5.41, 5.74) is 1.29. The number of ether oxygens (including phenoxy) is 1. The highest BCUT2D eigenvalue weighted by molar-refractivity contribution is 6.74. The fourth-order valence-corrected chi connectivity index (χ4v) is 2.42. The van der Waals surface area contributed by atoms with E-state index in [1.807, 2.05) is 0 Å². The fourth-order valence-electron chi connectivity index (χ4n) is 1.39. The largest absolute Gasteiger partial charge is 0.544 e. The Labute approximate surface area is 112 Å². The molecule has 0 amide bonds. The number of hydrogen-bond donors (Lipinski definition) is 0. The van der Waals surface area contributed by atoms with E-state index >= 15 is 0 Å². The summed E-state index contributed by atoms with van der Waals surface area (Å²) in [5, 5.41) is 0.238. The van der Waals surface area contributed by atoms with Crippen molar-refractivity contribution in [2.24, 2.45) is 0 Å². The van der Waals surface area contributed by atoms with Gasteiger partial charge in [-0.05, 0) is 42.2 Å². The van der Waals surface area contributed by atoms with Crippen molar-refractivity contribution in [3.63, 3.8) is 0 Å². The summed E-state index contributed by atoms with van der Waals surface area (Å²) in [5.74, 6) is 0.989. The van der Waals surface area contributed by atoms with Crippen LogP contribution in [0, 0.1) is 0 Å². The van der Waals surface area contributed by atoms with Gasteiger partial charge in [0.2, 0.25) is 8.32 Å². The van der Waals surface area contributed by atoms with Crippen LogP contribution in [0.5, 0.6) is 5.75 Å². The van der Waals surface area contributed by atoms with Crippen molar-refractivity contribution < 1.29 is 9.16 Å². The van der Waals surface area contributed by atoms with E-state index in [9.17, 15) is 0 Å². The van der Waals surface area contributed by atoms with Crippen LogP contribution in [0.15, 0.2) is 24.3 Å². The van der Waals surface area contributed by atoms with Crippen LogP contribution in [0.1, 0.15) is 26.3 Å². The van der Waals surface area contributed by atoms with E-state index < -0.39 is 8.32 Å². The molecule has 0 aliphatic heterocycles. The Morgan fingerprint density at radius 2 is 1.61 bits per heavy atom. The first-order chi connectivity index (χ1) is 8.26. The third-order valence-electron chi connectivity index (χ3n) is 3.70. The molecule has 102 valence electrons. The molecule has 0 radical (unpaired) electrons. The molecule has 18 heavy (non-hydrogen) atoms. The highest BCUT2D eigenvalue weighted by atomic mass is 28.4. The summed E-state index contributed by atoms with van der Waals surface area (Å²) in [7, 11) is 0.0179. The first kappa shape index (κ1) is 15.3. The fraction of sp³-hybridized carbons (Fsp3) is 0.600. The summed E-state index contributed by atoms with van der Waals surface area (Å²) in [4.78, 5) is 0. The van der Waals surface area contributed by atoms with E-state index in [4.69, 9.17) is 9.16 Å². The molecule has 0 aromatic heterocycles. The number of hydrogen-bond acceptors (Lipinski definition) is 2. The van der Waals surface area contributed by atoms with E-state index in [2.05, 4.69) is 58.1 Å². The molecule has 0 N–H and O–H groups in total. The van der Waals surface area contributed by atoms with Gasteiger partial charge in [-0.1, -0.05) is 32.9 Å². The van der Waals surface area contributed by atoms with Crippen LogP contribution in [0.25, 0.3) is 0 Å². The average Bonchev–Trinajstić information content (AvgIpc) is 2.26. The van der Waals surface area contributed by atoms with Gasteiger partial charge in [0.1, 0.15) is 5.75 Å². The topological polar surface area (TPSA) is 18.5 Å². The minimum absolute atomic E-state index is 0.238. The number of methoxy groups -OCH3 is 1. The maximum atomic E-state index is 6.23. The Balaban J connectivity index is 2.69. The summed E-state index contributed by atoms with van der Waals surface area (Å²) in [6, 6.07) is 8.40. The van der Waals surface area contributed by atoms with Gasteiger partial charge in [0.15, 0.2) is 0 Å². The van der Waals surface area contributed by atoms with Crippen LogP contribution in [0.2, 0.25) is 18.1 Å². The first-order valence-electron chi connectivity index (χ1n) is 6.53. The zero-order valence-corrected chi connectivity index (χ0v) is 13.5. The van der Waals surface area contributed by atoms with Gasteiger partial charge in [0, 0.05) is 7.11 Å². The van der Waals surface area contributed by atoms with Gasteiger partial charge >= 0.3 is 0 Å². The first-order valence-corrected chi connectivity index (χ1v) is 9.44. The molecule has 0 saturated heterocycles. The Morgan fingerprint density at radius 1 is 1.06 bits per heavy atom. The second-order valence-electron chi connectivity index (χ2n) is 6.25. The molecule has 1 aromatic rings. The number of rotatable bonds is 5. The number of benzene rings is 1. The molecule has 1 aromatic carbocycles. The van der Waals surface area contributed by atoms with Gasteiger partial charge in [-0.2, -0.15) is 0 Å².